The highest BCUT2D eigenvalue weighted by atomic mass is 32.2. The molecule has 2 atom stereocenters. The molecule has 258 valence electrons. The van der Waals surface area contributed by atoms with Crippen LogP contribution in [-0.2, 0) is 26.3 Å². The zero-order chi connectivity index (χ0) is 34.1. The first kappa shape index (κ1) is 34.3. The molecule has 49 heavy (non-hydrogen) atoms. The normalized spacial score (nSPS) is 21.7. The molecule has 0 spiro atoms. The molecular weight excluding hydrogens is 666 g/mol. The summed E-state index contributed by atoms with van der Waals surface area (Å²) >= 11 is 1.76. The predicted octanol–water partition coefficient (Wildman–Crippen LogP) is 8.20. The van der Waals surface area contributed by atoms with Gasteiger partial charge in [0.2, 0.25) is 0 Å². The maximum Gasteiger partial charge on any atom is 0.280 e. The van der Waals surface area contributed by atoms with E-state index in [-0.39, 0.29) is 30.6 Å². The van der Waals surface area contributed by atoms with Crippen LogP contribution in [0.2, 0.25) is 0 Å². The van der Waals surface area contributed by atoms with Gasteiger partial charge in [-0.15, -0.1) is 11.8 Å². The molecule has 2 saturated carbocycles. The summed E-state index contributed by atoms with van der Waals surface area (Å²) in [5, 5.41) is -0.152. The first-order valence-corrected chi connectivity index (χ1v) is 19.3. The molecule has 1 aliphatic heterocycles. The lowest BCUT2D eigenvalue weighted by molar-refractivity contribution is 0.0281. The average Bonchev–Trinajstić information content (AvgIpc) is 4.06. The summed E-state index contributed by atoms with van der Waals surface area (Å²) < 4.78 is 80.9. The average molecular weight is 707 g/mol. The number of hydrogen-bond acceptors (Lipinski definition) is 4. The van der Waals surface area contributed by atoms with E-state index in [0.29, 0.717) is 37.3 Å². The second kappa shape index (κ2) is 14.2. The first-order chi connectivity index (χ1) is 23.7. The summed E-state index contributed by atoms with van der Waals surface area (Å²) in [5.74, 6) is -2.63. The lowest BCUT2D eigenvalue weighted by Crippen LogP contribution is -2.54. The first-order valence-electron chi connectivity index (χ1n) is 17.0. The Morgan fingerprint density at radius 3 is 1.84 bits per heavy atom. The summed E-state index contributed by atoms with van der Waals surface area (Å²) in [6.07, 6.45) is 5.12. The molecule has 3 aliphatic rings. The van der Waals surface area contributed by atoms with Crippen LogP contribution in [0, 0.1) is 29.3 Å². The van der Waals surface area contributed by atoms with E-state index >= 15 is 0 Å². The third-order valence-corrected chi connectivity index (χ3v) is 13.4. The van der Waals surface area contributed by atoms with E-state index in [1.807, 2.05) is 54.6 Å². The molecule has 0 aromatic heterocycles. The maximum absolute atomic E-state index is 14.6. The van der Waals surface area contributed by atoms with E-state index in [0.717, 1.165) is 48.4 Å². The van der Waals surface area contributed by atoms with Gasteiger partial charge in [0.05, 0.1) is 23.5 Å². The molecule has 4 aromatic carbocycles. The van der Waals surface area contributed by atoms with Crippen molar-refractivity contribution in [2.24, 2.45) is 11.8 Å². The minimum atomic E-state index is -3.93. The van der Waals surface area contributed by atoms with Crippen LogP contribution in [0.15, 0.2) is 103 Å². The molecule has 5 nitrogen and oxygen atoms in total. The molecule has 0 amide bonds. The number of nitrogens with zero attached hydrogens (tertiary/aromatic N) is 1. The molecular formula is C39H41F3N2O3S2. The largest absolute Gasteiger partial charge is 0.375 e. The van der Waals surface area contributed by atoms with Gasteiger partial charge >= 0.3 is 0 Å². The summed E-state index contributed by atoms with van der Waals surface area (Å²) in [5.41, 5.74) is 2.23. The number of nitrogens with one attached hydrogen (secondary N) is 1. The fourth-order valence-corrected chi connectivity index (χ4v) is 11.0. The Morgan fingerprint density at radius 1 is 0.776 bits per heavy atom. The zero-order valence-corrected chi connectivity index (χ0v) is 28.9. The number of thioether (sulfide) groups is 1. The number of benzene rings is 4. The fraction of sp³-hybridized carbons (Fsp3) is 0.385. The Labute approximate surface area is 291 Å². The Balaban J connectivity index is 1.27. The van der Waals surface area contributed by atoms with E-state index < -0.39 is 37.9 Å². The van der Waals surface area contributed by atoms with Crippen LogP contribution in [-0.4, -0.2) is 43.2 Å². The Kier molecular flexibility index (Phi) is 9.96. The highest BCUT2D eigenvalue weighted by Crippen LogP contribution is 2.55. The summed E-state index contributed by atoms with van der Waals surface area (Å²) in [6.45, 7) is 0.338. The van der Waals surface area contributed by atoms with Crippen LogP contribution >= 0.6 is 11.8 Å². The Hall–Kier alpha value is -3.15. The van der Waals surface area contributed by atoms with Gasteiger partial charge in [-0.25, -0.2) is 17.9 Å². The lowest BCUT2D eigenvalue weighted by atomic mass is 9.84. The minimum Gasteiger partial charge on any atom is -0.375 e. The van der Waals surface area contributed by atoms with Crippen LogP contribution < -0.4 is 4.72 Å². The van der Waals surface area contributed by atoms with Crippen LogP contribution in [0.4, 0.5) is 13.2 Å². The monoisotopic (exact) mass is 706 g/mol. The number of rotatable bonds is 15. The third-order valence-electron chi connectivity index (χ3n) is 10.0. The predicted molar refractivity (Wildman–Crippen MR) is 188 cm³/mol. The van der Waals surface area contributed by atoms with Crippen molar-refractivity contribution in [3.8, 4) is 0 Å². The molecule has 3 fully saturated rings. The summed E-state index contributed by atoms with van der Waals surface area (Å²) in [7, 11) is -3.93. The van der Waals surface area contributed by atoms with E-state index in [9.17, 15) is 21.6 Å². The molecule has 2 aliphatic carbocycles. The Bertz CT molecular complexity index is 1750. The zero-order valence-electron chi connectivity index (χ0n) is 27.2. The molecule has 0 bridgehead atoms. The third kappa shape index (κ3) is 7.49. The SMILES string of the molecule is O=S(=O)(NCC1CC1)N1C[C@H](SC(c2ccccc2)(c2ccccc2)c2ccccc2)C[C@]1(COCc1cc(F)c(F)cc1F)CC1CC1. The van der Waals surface area contributed by atoms with Crippen molar-refractivity contribution < 1.29 is 26.3 Å². The van der Waals surface area contributed by atoms with Gasteiger partial charge < -0.3 is 4.74 Å². The molecule has 7 rings (SSSR count). The lowest BCUT2D eigenvalue weighted by Gasteiger charge is -2.38. The van der Waals surface area contributed by atoms with Gasteiger partial charge in [-0.05, 0) is 60.3 Å². The number of halogens is 3. The van der Waals surface area contributed by atoms with E-state index in [1.165, 1.54) is 0 Å². The highest BCUT2D eigenvalue weighted by Gasteiger charge is 2.55. The number of ether oxygens (including phenoxy) is 1. The van der Waals surface area contributed by atoms with Crippen LogP contribution in [0.3, 0.4) is 0 Å². The molecule has 0 unspecified atom stereocenters. The van der Waals surface area contributed by atoms with Gasteiger partial charge in [-0.1, -0.05) is 104 Å². The van der Waals surface area contributed by atoms with Crippen molar-refractivity contribution in [1.82, 2.24) is 9.03 Å². The van der Waals surface area contributed by atoms with E-state index in [4.69, 9.17) is 4.74 Å². The molecule has 4 aromatic rings. The van der Waals surface area contributed by atoms with Crippen LogP contribution in [0.1, 0.15) is 60.8 Å². The molecule has 1 N–H and O–H groups in total. The van der Waals surface area contributed by atoms with E-state index in [2.05, 4.69) is 41.1 Å². The van der Waals surface area contributed by atoms with E-state index in [1.54, 1.807) is 16.1 Å². The topological polar surface area (TPSA) is 58.6 Å². The maximum atomic E-state index is 14.6. The van der Waals surface area contributed by atoms with Gasteiger partial charge in [0.15, 0.2) is 11.6 Å². The van der Waals surface area contributed by atoms with Gasteiger partial charge in [0.25, 0.3) is 10.2 Å². The second-order valence-corrected chi connectivity index (χ2v) is 17.0. The van der Waals surface area contributed by atoms with Crippen LogP contribution in [0.5, 0.6) is 0 Å². The molecule has 0 radical (unpaired) electrons. The van der Waals surface area contributed by atoms with Crippen molar-refractivity contribution in [3.05, 3.63) is 143 Å². The molecule has 1 heterocycles. The number of hydrogen-bond donors (Lipinski definition) is 1. The second-order valence-electron chi connectivity index (χ2n) is 13.8. The Morgan fingerprint density at radius 2 is 1.31 bits per heavy atom. The van der Waals surface area contributed by atoms with Crippen molar-refractivity contribution in [2.75, 3.05) is 19.7 Å². The highest BCUT2D eigenvalue weighted by molar-refractivity contribution is 8.01. The summed E-state index contributed by atoms with van der Waals surface area (Å²) in [6, 6.07) is 32.3. The van der Waals surface area contributed by atoms with Gasteiger partial charge in [-0.2, -0.15) is 12.7 Å². The van der Waals surface area contributed by atoms with Crippen molar-refractivity contribution in [1.29, 1.82) is 0 Å². The smallest absolute Gasteiger partial charge is 0.280 e. The van der Waals surface area contributed by atoms with Gasteiger partial charge in [-0.3, -0.25) is 0 Å². The van der Waals surface area contributed by atoms with Gasteiger partial charge in [0, 0.05) is 30.0 Å². The quantitative estimate of drug-likeness (QED) is 0.100. The summed E-state index contributed by atoms with van der Waals surface area (Å²) in [4.78, 5) is 0. The molecule has 10 heteroatoms. The van der Waals surface area contributed by atoms with Crippen molar-refractivity contribution in [3.63, 3.8) is 0 Å². The minimum absolute atomic E-state index is 0.00164. The fourth-order valence-electron chi connectivity index (χ4n) is 7.26. The van der Waals surface area contributed by atoms with Crippen LogP contribution in [0.25, 0.3) is 0 Å². The van der Waals surface area contributed by atoms with Crippen molar-refractivity contribution in [2.45, 2.75) is 60.7 Å². The van der Waals surface area contributed by atoms with Gasteiger partial charge in [0.1, 0.15) is 5.82 Å². The van der Waals surface area contributed by atoms with Crippen molar-refractivity contribution >= 4 is 22.0 Å². The molecule has 1 saturated heterocycles. The standard InChI is InChI=1S/C39H41F3N2O3S2/c40-35-21-37(42)36(41)20-30(35)26-47-27-38(22-28-16-17-28)23-34(25-44(38)49(45,46)43-24-29-18-19-29)48-39(31-10-4-1-5-11-31,32-12-6-2-7-13-32)33-14-8-3-9-15-33/h1-15,20-21,28-29,34,43H,16-19,22-27H2/t34-,38+/m1/s1.